The lowest BCUT2D eigenvalue weighted by atomic mass is 10.1. The van der Waals surface area contributed by atoms with Gasteiger partial charge in [-0.2, -0.15) is 0 Å². The highest BCUT2D eigenvalue weighted by Crippen LogP contribution is 2.31. The Labute approximate surface area is 168 Å². The van der Waals surface area contributed by atoms with Crippen molar-refractivity contribution >= 4 is 11.8 Å². The van der Waals surface area contributed by atoms with E-state index in [1.54, 1.807) is 12.4 Å². The van der Waals surface area contributed by atoms with E-state index in [1.807, 2.05) is 37.6 Å². The zero-order valence-corrected chi connectivity index (χ0v) is 17.0. The third-order valence-electron chi connectivity index (χ3n) is 4.60. The molecule has 7 heteroatoms. The summed E-state index contributed by atoms with van der Waals surface area (Å²) in [7, 11) is 1.98. The fraction of sp³-hybridized carbons (Fsp3) is 0.190. The van der Waals surface area contributed by atoms with Crippen LogP contribution in [0.25, 0.3) is 22.8 Å². The molecule has 0 amide bonds. The zero-order valence-electron chi connectivity index (χ0n) is 16.2. The maximum Gasteiger partial charge on any atom is 0.197 e. The van der Waals surface area contributed by atoms with Gasteiger partial charge in [0, 0.05) is 41.8 Å². The molecular weight excluding hydrogens is 368 g/mol. The lowest BCUT2D eigenvalue weighted by Gasteiger charge is -2.10. The third kappa shape index (κ3) is 3.53. The van der Waals surface area contributed by atoms with Gasteiger partial charge in [-0.3, -0.25) is 4.98 Å². The summed E-state index contributed by atoms with van der Waals surface area (Å²) in [6.45, 7) is 6.10. The van der Waals surface area contributed by atoms with Crippen LogP contribution in [0.1, 0.15) is 16.8 Å². The van der Waals surface area contributed by atoms with E-state index in [2.05, 4.69) is 51.4 Å². The average Bonchev–Trinajstić information content (AvgIpc) is 3.07. The van der Waals surface area contributed by atoms with Crippen LogP contribution < -0.4 is 0 Å². The number of hydrogen-bond acceptors (Lipinski definition) is 6. The predicted octanol–water partition coefficient (Wildman–Crippen LogP) is 4.41. The summed E-state index contributed by atoms with van der Waals surface area (Å²) in [4.78, 5) is 13.6. The molecule has 3 aromatic heterocycles. The van der Waals surface area contributed by atoms with Gasteiger partial charge in [-0.25, -0.2) is 9.97 Å². The Morgan fingerprint density at radius 2 is 1.68 bits per heavy atom. The number of benzene rings is 1. The maximum absolute atomic E-state index is 4.76. The van der Waals surface area contributed by atoms with Crippen molar-refractivity contribution in [2.75, 3.05) is 0 Å². The largest absolute Gasteiger partial charge is 0.305 e. The van der Waals surface area contributed by atoms with Crippen LogP contribution in [0, 0.1) is 20.8 Å². The van der Waals surface area contributed by atoms with Crippen molar-refractivity contribution in [2.24, 2.45) is 7.05 Å². The Bertz CT molecular complexity index is 1120. The van der Waals surface area contributed by atoms with Gasteiger partial charge in [0.2, 0.25) is 0 Å². The standard InChI is InChI=1S/C21H20N6S/c1-13-7-9-16(10-8-13)19-25-26-21(27(19)4)28-20-14(2)15(3)23-18(24-20)17-6-5-11-22-12-17/h5-12H,1-4H3. The zero-order chi connectivity index (χ0) is 19.7. The molecule has 0 radical (unpaired) electrons. The van der Waals surface area contributed by atoms with Crippen LogP contribution in [0.15, 0.2) is 59.0 Å². The number of aryl methyl sites for hydroxylation is 2. The van der Waals surface area contributed by atoms with E-state index in [1.165, 1.54) is 17.3 Å². The molecule has 0 saturated carbocycles. The normalized spacial score (nSPS) is 11.0. The first-order valence-corrected chi connectivity index (χ1v) is 9.74. The van der Waals surface area contributed by atoms with Gasteiger partial charge in [-0.1, -0.05) is 29.8 Å². The summed E-state index contributed by atoms with van der Waals surface area (Å²) in [5.74, 6) is 1.50. The second kappa shape index (κ2) is 7.52. The molecule has 0 bridgehead atoms. The summed E-state index contributed by atoms with van der Waals surface area (Å²) >= 11 is 1.50. The summed E-state index contributed by atoms with van der Waals surface area (Å²) in [5.41, 5.74) is 5.13. The van der Waals surface area contributed by atoms with Crippen molar-refractivity contribution in [1.82, 2.24) is 29.7 Å². The maximum atomic E-state index is 4.76. The van der Waals surface area contributed by atoms with Gasteiger partial charge in [-0.05, 0) is 44.7 Å². The van der Waals surface area contributed by atoms with Crippen LogP contribution in [0.2, 0.25) is 0 Å². The molecule has 0 aliphatic heterocycles. The van der Waals surface area contributed by atoms with E-state index < -0.39 is 0 Å². The molecule has 0 spiro atoms. The second-order valence-electron chi connectivity index (χ2n) is 6.64. The van der Waals surface area contributed by atoms with Crippen molar-refractivity contribution in [1.29, 1.82) is 0 Å². The molecule has 28 heavy (non-hydrogen) atoms. The number of pyridine rings is 1. The van der Waals surface area contributed by atoms with Gasteiger partial charge >= 0.3 is 0 Å². The fourth-order valence-electron chi connectivity index (χ4n) is 2.77. The van der Waals surface area contributed by atoms with Crippen LogP contribution in [0.5, 0.6) is 0 Å². The molecule has 0 aliphatic carbocycles. The van der Waals surface area contributed by atoms with E-state index in [4.69, 9.17) is 4.98 Å². The molecule has 3 heterocycles. The van der Waals surface area contributed by atoms with Gasteiger partial charge in [0.05, 0.1) is 0 Å². The van der Waals surface area contributed by atoms with Gasteiger partial charge in [-0.15, -0.1) is 10.2 Å². The molecule has 0 fully saturated rings. The molecule has 4 rings (SSSR count). The molecular formula is C21H20N6S. The summed E-state index contributed by atoms with van der Waals surface area (Å²) in [5, 5.41) is 10.4. The van der Waals surface area contributed by atoms with E-state index in [0.29, 0.717) is 5.82 Å². The highest BCUT2D eigenvalue weighted by molar-refractivity contribution is 7.99. The summed E-state index contributed by atoms with van der Waals surface area (Å²) in [6.07, 6.45) is 3.52. The summed E-state index contributed by atoms with van der Waals surface area (Å²) < 4.78 is 2.00. The van der Waals surface area contributed by atoms with Gasteiger partial charge in [0.1, 0.15) is 5.03 Å². The first kappa shape index (κ1) is 18.3. The Kier molecular flexibility index (Phi) is 4.92. The highest BCUT2D eigenvalue weighted by atomic mass is 32.2. The quantitative estimate of drug-likeness (QED) is 0.482. The molecule has 0 aliphatic rings. The van der Waals surface area contributed by atoms with Crippen molar-refractivity contribution in [3.05, 3.63) is 65.6 Å². The van der Waals surface area contributed by atoms with Crippen molar-refractivity contribution < 1.29 is 0 Å². The Morgan fingerprint density at radius 1 is 0.893 bits per heavy atom. The van der Waals surface area contributed by atoms with Crippen molar-refractivity contribution in [3.63, 3.8) is 0 Å². The second-order valence-corrected chi connectivity index (χ2v) is 7.59. The van der Waals surface area contributed by atoms with Gasteiger partial charge in [0.15, 0.2) is 16.8 Å². The molecule has 0 N–H and O–H groups in total. The smallest absolute Gasteiger partial charge is 0.197 e. The summed E-state index contributed by atoms with van der Waals surface area (Å²) in [6, 6.07) is 12.1. The van der Waals surface area contributed by atoms with Gasteiger partial charge in [0.25, 0.3) is 0 Å². The van der Waals surface area contributed by atoms with Crippen LogP contribution >= 0.6 is 11.8 Å². The van der Waals surface area contributed by atoms with Crippen LogP contribution in [-0.2, 0) is 7.05 Å². The molecule has 0 saturated heterocycles. The Hall–Kier alpha value is -3.06. The number of nitrogens with zero attached hydrogens (tertiary/aromatic N) is 6. The van der Waals surface area contributed by atoms with Crippen molar-refractivity contribution in [3.8, 4) is 22.8 Å². The first-order chi connectivity index (χ1) is 13.5. The van der Waals surface area contributed by atoms with E-state index in [-0.39, 0.29) is 0 Å². The minimum Gasteiger partial charge on any atom is -0.305 e. The Balaban J connectivity index is 1.70. The monoisotopic (exact) mass is 388 g/mol. The third-order valence-corrected chi connectivity index (χ3v) is 5.73. The van der Waals surface area contributed by atoms with E-state index in [0.717, 1.165) is 38.4 Å². The Morgan fingerprint density at radius 3 is 2.39 bits per heavy atom. The SMILES string of the molecule is Cc1ccc(-c2nnc(Sc3nc(-c4cccnc4)nc(C)c3C)n2C)cc1. The topological polar surface area (TPSA) is 69.4 Å². The highest BCUT2D eigenvalue weighted by Gasteiger charge is 2.16. The predicted molar refractivity (Wildman–Crippen MR) is 110 cm³/mol. The number of aromatic nitrogens is 6. The first-order valence-electron chi connectivity index (χ1n) is 8.93. The lowest BCUT2D eigenvalue weighted by molar-refractivity contribution is 0.791. The molecule has 1 aromatic carbocycles. The van der Waals surface area contributed by atoms with E-state index >= 15 is 0 Å². The molecule has 6 nitrogen and oxygen atoms in total. The minimum atomic E-state index is 0.666. The van der Waals surface area contributed by atoms with E-state index in [9.17, 15) is 0 Å². The molecule has 140 valence electrons. The minimum absolute atomic E-state index is 0.666. The van der Waals surface area contributed by atoms with Gasteiger partial charge < -0.3 is 4.57 Å². The van der Waals surface area contributed by atoms with Crippen LogP contribution in [0.4, 0.5) is 0 Å². The molecule has 4 aromatic rings. The molecule has 0 unspecified atom stereocenters. The number of rotatable bonds is 4. The van der Waals surface area contributed by atoms with Crippen LogP contribution in [-0.4, -0.2) is 29.7 Å². The average molecular weight is 389 g/mol. The number of hydrogen-bond donors (Lipinski definition) is 0. The van der Waals surface area contributed by atoms with Crippen molar-refractivity contribution in [2.45, 2.75) is 31.0 Å². The molecule has 0 atom stereocenters. The van der Waals surface area contributed by atoms with Crippen LogP contribution in [0.3, 0.4) is 0 Å². The fourth-order valence-corrected chi connectivity index (χ4v) is 3.68. The lowest BCUT2D eigenvalue weighted by Crippen LogP contribution is -2.00.